The number of nitrogens with one attached hydrogen (secondary N) is 2. The summed E-state index contributed by atoms with van der Waals surface area (Å²) in [6.45, 7) is 3.01. The van der Waals surface area contributed by atoms with E-state index in [2.05, 4.69) is 10.6 Å². The zero-order chi connectivity index (χ0) is 16.5. The number of rotatable bonds is 9. The number of unbranched alkanes of at least 4 members (excludes halogenated alkanes) is 1. The molecule has 0 aromatic heterocycles. The number of aliphatic carboxylic acids is 1. The van der Waals surface area contributed by atoms with Crippen LogP contribution in [0.15, 0.2) is 24.3 Å². The summed E-state index contributed by atoms with van der Waals surface area (Å²) in [5.41, 5.74) is 0.914. The molecule has 5 heteroatoms. The molecule has 23 heavy (non-hydrogen) atoms. The average Bonchev–Trinajstić information content (AvgIpc) is 2.56. The molecule has 1 atom stereocenters. The van der Waals surface area contributed by atoms with Gasteiger partial charge in [0, 0.05) is 0 Å². The average molecular weight is 320 g/mol. The molecular weight excluding hydrogens is 292 g/mol. The maximum Gasteiger partial charge on any atom is 0.321 e. The van der Waals surface area contributed by atoms with E-state index in [1.165, 1.54) is 19.3 Å². The maximum atomic E-state index is 11.4. The second-order valence-corrected chi connectivity index (χ2v) is 6.40. The van der Waals surface area contributed by atoms with Crippen LogP contribution < -0.4 is 10.6 Å². The van der Waals surface area contributed by atoms with Crippen molar-refractivity contribution in [2.24, 2.45) is 5.92 Å². The topological polar surface area (TPSA) is 81.6 Å². The lowest BCUT2D eigenvalue weighted by Gasteiger charge is -2.22. The fourth-order valence-electron chi connectivity index (χ4n) is 3.12. The Balaban J connectivity index is 1.66. The van der Waals surface area contributed by atoms with E-state index in [1.54, 1.807) is 24.3 Å². The van der Waals surface area contributed by atoms with Crippen molar-refractivity contribution in [2.75, 3.05) is 19.6 Å². The van der Waals surface area contributed by atoms with Crippen molar-refractivity contribution in [1.82, 2.24) is 10.6 Å². The fourth-order valence-corrected chi connectivity index (χ4v) is 3.12. The molecule has 0 spiro atoms. The van der Waals surface area contributed by atoms with E-state index in [9.17, 15) is 15.0 Å². The zero-order valence-corrected chi connectivity index (χ0v) is 13.6. The predicted molar refractivity (Wildman–Crippen MR) is 90.7 cm³/mol. The van der Waals surface area contributed by atoms with Gasteiger partial charge in [-0.15, -0.1) is 0 Å². The van der Waals surface area contributed by atoms with Crippen molar-refractivity contribution in [3.8, 4) is 5.75 Å². The zero-order valence-electron chi connectivity index (χ0n) is 13.6. The highest BCUT2D eigenvalue weighted by Gasteiger charge is 2.17. The van der Waals surface area contributed by atoms with Crippen LogP contribution in [0.3, 0.4) is 0 Å². The van der Waals surface area contributed by atoms with E-state index in [0.717, 1.165) is 44.0 Å². The second kappa shape index (κ2) is 9.53. The molecule has 1 saturated heterocycles. The van der Waals surface area contributed by atoms with Crippen molar-refractivity contribution in [2.45, 2.75) is 44.6 Å². The Hall–Kier alpha value is -1.59. The first kappa shape index (κ1) is 17.8. The molecule has 1 unspecified atom stereocenters. The molecule has 1 fully saturated rings. The van der Waals surface area contributed by atoms with Gasteiger partial charge in [-0.05, 0) is 68.9 Å². The number of piperidine rings is 1. The number of phenols is 1. The Kier molecular flexibility index (Phi) is 7.36. The minimum absolute atomic E-state index is 0.200. The van der Waals surface area contributed by atoms with Crippen LogP contribution in [0.25, 0.3) is 0 Å². The van der Waals surface area contributed by atoms with Gasteiger partial charge in [0.1, 0.15) is 11.8 Å². The number of hydrogen-bond donors (Lipinski definition) is 4. The lowest BCUT2D eigenvalue weighted by Crippen LogP contribution is -2.39. The van der Waals surface area contributed by atoms with Gasteiger partial charge in [0.2, 0.25) is 0 Å². The number of carboxylic acids is 1. The molecule has 128 valence electrons. The molecule has 0 radical (unpaired) electrons. The quantitative estimate of drug-likeness (QED) is 0.524. The smallest absolute Gasteiger partial charge is 0.321 e. The highest BCUT2D eigenvalue weighted by Crippen LogP contribution is 2.18. The lowest BCUT2D eigenvalue weighted by molar-refractivity contribution is -0.139. The normalized spacial score (nSPS) is 17.0. The standard InChI is InChI=1S/C18H28N2O3/c21-16-6-4-15(5-7-16)13-17(18(22)23)20-10-2-1-3-14-8-11-19-12-9-14/h4-7,14,17,19-21H,1-3,8-13H2,(H,22,23). The van der Waals surface area contributed by atoms with Crippen molar-refractivity contribution >= 4 is 5.97 Å². The first-order valence-electron chi connectivity index (χ1n) is 8.60. The molecule has 0 aliphatic carbocycles. The van der Waals surface area contributed by atoms with Crippen molar-refractivity contribution < 1.29 is 15.0 Å². The summed E-state index contributed by atoms with van der Waals surface area (Å²) < 4.78 is 0. The summed E-state index contributed by atoms with van der Waals surface area (Å²) in [7, 11) is 0. The second-order valence-electron chi connectivity index (χ2n) is 6.40. The lowest BCUT2D eigenvalue weighted by atomic mass is 9.92. The minimum atomic E-state index is -0.823. The molecule has 0 bridgehead atoms. The number of carbonyl (C=O) groups is 1. The first-order chi connectivity index (χ1) is 11.1. The molecule has 2 rings (SSSR count). The molecule has 1 aromatic carbocycles. The monoisotopic (exact) mass is 320 g/mol. The van der Waals surface area contributed by atoms with E-state index in [4.69, 9.17) is 0 Å². The van der Waals surface area contributed by atoms with Crippen LogP contribution in [0.5, 0.6) is 5.75 Å². The Bertz CT molecular complexity index is 470. The summed E-state index contributed by atoms with van der Waals surface area (Å²) in [6, 6.07) is 6.15. The van der Waals surface area contributed by atoms with Gasteiger partial charge in [0.25, 0.3) is 0 Å². The van der Waals surface area contributed by atoms with Crippen LogP contribution in [0, 0.1) is 5.92 Å². The number of benzene rings is 1. The third-order valence-corrected chi connectivity index (χ3v) is 4.56. The molecule has 1 aliphatic heterocycles. The fraction of sp³-hybridized carbons (Fsp3) is 0.611. The first-order valence-corrected chi connectivity index (χ1v) is 8.60. The van der Waals surface area contributed by atoms with Crippen LogP contribution in [0.1, 0.15) is 37.7 Å². The summed E-state index contributed by atoms with van der Waals surface area (Å²) in [5, 5.41) is 25.1. The summed E-state index contributed by atoms with van der Waals surface area (Å²) in [4.78, 5) is 11.4. The molecule has 5 nitrogen and oxygen atoms in total. The van der Waals surface area contributed by atoms with Crippen molar-refractivity contribution in [3.05, 3.63) is 29.8 Å². The summed E-state index contributed by atoms with van der Waals surface area (Å²) in [6.07, 6.45) is 6.40. The molecule has 0 saturated carbocycles. The van der Waals surface area contributed by atoms with Crippen LogP contribution in [0.4, 0.5) is 0 Å². The van der Waals surface area contributed by atoms with Gasteiger partial charge < -0.3 is 20.8 Å². The van der Waals surface area contributed by atoms with E-state index >= 15 is 0 Å². The summed E-state index contributed by atoms with van der Waals surface area (Å²) in [5.74, 6) is 0.214. The molecule has 0 amide bonds. The Morgan fingerprint density at radius 2 is 1.91 bits per heavy atom. The van der Waals surface area contributed by atoms with Gasteiger partial charge in [-0.1, -0.05) is 25.0 Å². The Morgan fingerprint density at radius 3 is 2.57 bits per heavy atom. The van der Waals surface area contributed by atoms with Gasteiger partial charge in [-0.25, -0.2) is 0 Å². The molecule has 1 aromatic rings. The largest absolute Gasteiger partial charge is 0.508 e. The van der Waals surface area contributed by atoms with E-state index in [-0.39, 0.29) is 5.75 Å². The number of carboxylic acid groups (broad SMARTS) is 1. The number of aromatic hydroxyl groups is 1. The predicted octanol–water partition coefficient (Wildman–Crippen LogP) is 2.15. The van der Waals surface area contributed by atoms with Crippen LogP contribution in [-0.2, 0) is 11.2 Å². The van der Waals surface area contributed by atoms with Crippen LogP contribution in [0.2, 0.25) is 0 Å². The van der Waals surface area contributed by atoms with E-state index < -0.39 is 12.0 Å². The third kappa shape index (κ3) is 6.59. The highest BCUT2D eigenvalue weighted by atomic mass is 16.4. The van der Waals surface area contributed by atoms with Crippen molar-refractivity contribution in [3.63, 3.8) is 0 Å². The van der Waals surface area contributed by atoms with Gasteiger partial charge in [-0.3, -0.25) is 4.79 Å². The Morgan fingerprint density at radius 1 is 1.22 bits per heavy atom. The van der Waals surface area contributed by atoms with Crippen LogP contribution in [-0.4, -0.2) is 41.9 Å². The third-order valence-electron chi connectivity index (χ3n) is 4.56. The van der Waals surface area contributed by atoms with Gasteiger partial charge >= 0.3 is 5.97 Å². The highest BCUT2D eigenvalue weighted by molar-refractivity contribution is 5.73. The van der Waals surface area contributed by atoms with Gasteiger partial charge in [0.05, 0.1) is 0 Å². The number of phenolic OH excluding ortho intramolecular Hbond substituents is 1. The van der Waals surface area contributed by atoms with Crippen LogP contribution >= 0.6 is 0 Å². The van der Waals surface area contributed by atoms with Gasteiger partial charge in [-0.2, -0.15) is 0 Å². The molecule has 1 aliphatic rings. The maximum absolute atomic E-state index is 11.4. The van der Waals surface area contributed by atoms with Gasteiger partial charge in [0.15, 0.2) is 0 Å². The van der Waals surface area contributed by atoms with E-state index in [0.29, 0.717) is 6.42 Å². The van der Waals surface area contributed by atoms with Crippen molar-refractivity contribution in [1.29, 1.82) is 0 Å². The minimum Gasteiger partial charge on any atom is -0.508 e. The SMILES string of the molecule is O=C(O)C(Cc1ccc(O)cc1)NCCCCC1CCNCC1. The summed E-state index contributed by atoms with van der Waals surface area (Å²) >= 11 is 0. The number of hydrogen-bond acceptors (Lipinski definition) is 4. The molecular formula is C18H28N2O3. The Labute approximate surface area is 138 Å². The van der Waals surface area contributed by atoms with E-state index in [1.807, 2.05) is 0 Å². The molecule has 4 N–H and O–H groups in total. The molecule has 1 heterocycles.